The van der Waals surface area contributed by atoms with Crippen LogP contribution in [0.5, 0.6) is 69.0 Å². The van der Waals surface area contributed by atoms with E-state index >= 15 is 0 Å². The number of nitrogens with zero attached hydrogens (tertiary/aromatic N) is 6. The number of nitrogens with two attached hydrogens (primary N) is 4. The minimum absolute atomic E-state index is 0. The van der Waals surface area contributed by atoms with Gasteiger partial charge in [-0.05, 0) is 192 Å². The Morgan fingerprint density at radius 3 is 1.16 bits per heavy atom. The van der Waals surface area contributed by atoms with E-state index in [9.17, 15) is 44.0 Å². The summed E-state index contributed by atoms with van der Waals surface area (Å²) in [4.78, 5) is 91.2. The Balaban J connectivity index is 0.000000522. The number of nitro benzene ring substituents is 2. The molecular weight excluding hydrogens is 1970 g/mol. The average Bonchev–Trinajstić information content (AvgIpc) is 0.835. The van der Waals surface area contributed by atoms with Gasteiger partial charge in [-0.1, -0.05) is 116 Å². The van der Waals surface area contributed by atoms with Crippen molar-refractivity contribution in [2.24, 2.45) is 0 Å². The largest absolute Gasteiger partial charge is 0.493 e. The van der Waals surface area contributed by atoms with Crippen LogP contribution in [-0.4, -0.2) is 135 Å². The first-order valence-electron chi connectivity index (χ1n) is 40.1. The first-order valence-corrected chi connectivity index (χ1v) is 46.4. The number of H-pyrrole nitrogens is 4. The number of halogens is 5. The fourth-order valence-corrected chi connectivity index (χ4v) is 14.8. The molecule has 730 valence electrons. The smallest absolute Gasteiger partial charge is 0.325 e. The third kappa shape index (κ3) is 37.0. The lowest BCUT2D eigenvalue weighted by molar-refractivity contribution is -0.385. The number of rotatable bonds is 26. The van der Waals surface area contributed by atoms with Gasteiger partial charge >= 0.3 is 11.4 Å². The highest BCUT2D eigenvalue weighted by molar-refractivity contribution is 9.10. The van der Waals surface area contributed by atoms with E-state index in [2.05, 4.69) is 129 Å². The Morgan fingerprint density at radius 2 is 0.791 bits per heavy atom. The summed E-state index contributed by atoms with van der Waals surface area (Å²) in [6, 6.07) is 29.9. The van der Waals surface area contributed by atoms with Gasteiger partial charge in [0.2, 0.25) is 11.9 Å². The molecule has 0 spiro atoms. The lowest BCUT2D eigenvalue weighted by Crippen LogP contribution is -2.24. The maximum atomic E-state index is 11.9. The van der Waals surface area contributed by atoms with Crippen LogP contribution in [0, 0.1) is 20.2 Å². The number of ether oxygens (including phenoxy) is 12. The molecule has 0 aliphatic carbocycles. The highest BCUT2D eigenvalue weighted by Crippen LogP contribution is 2.55. The first-order chi connectivity index (χ1) is 62.6. The van der Waals surface area contributed by atoms with Crippen LogP contribution in [0.25, 0.3) is 0 Å². The van der Waals surface area contributed by atoms with E-state index in [1.54, 1.807) is 106 Å². The van der Waals surface area contributed by atoms with E-state index in [1.165, 1.54) is 81.9 Å². The summed E-state index contributed by atoms with van der Waals surface area (Å²) in [5, 5.41) is 22.3. The summed E-state index contributed by atoms with van der Waals surface area (Å²) < 4.78 is 74.2. The third-order valence-corrected chi connectivity index (χ3v) is 23.0. The normalized spacial score (nSPS) is 10.3. The molecule has 0 radical (unpaired) electrons. The van der Waals surface area contributed by atoms with Crippen molar-refractivity contribution < 1.29 is 71.3 Å². The summed E-state index contributed by atoms with van der Waals surface area (Å²) in [6.07, 6.45) is 7.03. The molecule has 0 aliphatic heterocycles. The third-order valence-electron chi connectivity index (χ3n) is 18.2. The molecule has 4 heterocycles. The molecule has 43 heteroatoms. The Bertz CT molecular complexity index is 5870. The maximum absolute atomic E-state index is 11.9. The van der Waals surface area contributed by atoms with Gasteiger partial charge in [-0.25, -0.2) is 24.5 Å². The van der Waals surface area contributed by atoms with Crippen molar-refractivity contribution in [1.82, 2.24) is 46.0 Å². The lowest BCUT2D eigenvalue weighted by atomic mass is 9.93. The molecule has 134 heavy (non-hydrogen) atoms. The Morgan fingerprint density at radius 1 is 0.448 bits per heavy atom. The number of nitro groups is 2. The van der Waals surface area contributed by atoms with Crippen molar-refractivity contribution in [3.63, 3.8) is 0 Å². The molecule has 11 aromatic rings. The Kier molecular flexibility index (Phi) is 51.0. The van der Waals surface area contributed by atoms with Crippen molar-refractivity contribution in [3.8, 4) is 69.0 Å². The van der Waals surface area contributed by atoms with E-state index in [-0.39, 0.29) is 46.8 Å². The SMILES string of the molecule is C=C(C)C.COc1cc(Br)c([N+](=O)[O-])cc1OC.COc1cc(C(C)C)c([N+](=O)[O-])cc1OC.COc1cc(Cc2c[nH]c(=O)[nH]c2=O)c(C(C)C)cc1OC.COc1cc(Cc2cnc(N)nc2Cl)c(C(C)C)cc1OC.COc1cc(N)c(C(C)C)cc1OC.COc1cc(Sc2cnc(N)nc2N)c(C(C)C)cc1OC.N.O=P(Cl)(Cl)c1ccccc1.O=c1[nH]cc(Br)c(=O)[nH]1. The number of methoxy groups -OCH3 is 12. The molecule has 0 atom stereocenters. The number of aromatic amines is 4. The zero-order valence-electron chi connectivity index (χ0n) is 79.2. The Labute approximate surface area is 814 Å². The molecule has 7 aromatic carbocycles. The molecule has 15 N–H and O–H groups in total. The predicted molar refractivity (Wildman–Crippen MR) is 539 cm³/mol. The van der Waals surface area contributed by atoms with Crippen LogP contribution >= 0.6 is 83.6 Å². The van der Waals surface area contributed by atoms with Crippen molar-refractivity contribution in [2.75, 3.05) is 108 Å². The zero-order chi connectivity index (χ0) is 101. The summed E-state index contributed by atoms with van der Waals surface area (Å²) in [6.45, 7) is 28.1. The van der Waals surface area contributed by atoms with Crippen LogP contribution in [0.15, 0.2) is 178 Å². The van der Waals surface area contributed by atoms with Gasteiger partial charge in [0.25, 0.3) is 28.3 Å². The highest BCUT2D eigenvalue weighted by Gasteiger charge is 2.25. The van der Waals surface area contributed by atoms with Crippen LogP contribution in [0.3, 0.4) is 0 Å². The lowest BCUT2D eigenvalue weighted by Gasteiger charge is -2.17. The number of nitrogen functional groups attached to an aromatic ring is 4. The van der Waals surface area contributed by atoms with Gasteiger partial charge in [0.05, 0.1) is 121 Å². The monoisotopic (exact) mass is 2080 g/mol. The molecule has 0 fully saturated rings. The molecule has 36 nitrogen and oxygen atoms in total. The molecule has 0 aliphatic rings. The van der Waals surface area contributed by atoms with Crippen molar-refractivity contribution in [2.45, 2.75) is 135 Å². The molecule has 0 saturated carbocycles. The predicted octanol–water partition coefficient (Wildman–Crippen LogP) is 20.2. The van der Waals surface area contributed by atoms with Gasteiger partial charge < -0.3 is 95.9 Å². The van der Waals surface area contributed by atoms with Crippen molar-refractivity contribution in [1.29, 1.82) is 0 Å². The molecule has 11 rings (SSSR count). The van der Waals surface area contributed by atoms with Gasteiger partial charge in [0.15, 0.2) is 69.0 Å². The first kappa shape index (κ1) is 118. The van der Waals surface area contributed by atoms with E-state index < -0.39 is 32.6 Å². The Hall–Kier alpha value is -12.2. The number of aromatic nitrogens is 8. The van der Waals surface area contributed by atoms with Gasteiger partial charge in [0, 0.05) is 82.3 Å². The van der Waals surface area contributed by atoms with Gasteiger partial charge in [-0.2, -0.15) is 4.98 Å². The molecular formula is C91H119Br2Cl3N15O21PS. The quantitative estimate of drug-likeness (QED) is 0.00607. The molecule has 0 bridgehead atoms. The summed E-state index contributed by atoms with van der Waals surface area (Å²) >= 11 is 24.4. The van der Waals surface area contributed by atoms with Crippen molar-refractivity contribution >= 4 is 124 Å². The highest BCUT2D eigenvalue weighted by atomic mass is 79.9. The van der Waals surface area contributed by atoms with Crippen molar-refractivity contribution in [3.05, 3.63) is 266 Å². The van der Waals surface area contributed by atoms with Crippen LogP contribution in [0.1, 0.15) is 163 Å². The summed E-state index contributed by atoms with van der Waals surface area (Å²) in [7, 11) is 18.7. The van der Waals surface area contributed by atoms with Gasteiger partial charge in [-0.3, -0.25) is 44.4 Å². The topological polar surface area (TPSA) is 536 Å². The second kappa shape index (κ2) is 58.0. The van der Waals surface area contributed by atoms with Crippen LogP contribution in [-0.2, 0) is 17.4 Å². The fraction of sp³-hybridized carbons (Fsp3) is 0.341. The molecule has 0 amide bonds. The number of hydrogen-bond acceptors (Lipinski definition) is 31. The standard InChI is InChI=1S/C16H20ClN3O2.C16H20N2O4.C15H20N4O2S.C11H15NO4.C11H17NO2.C8H8BrNO4.C6H5Cl2OP.C4H3BrN2O2.C4H8.H3N/c1-9(2)12-7-14(22-4)13(21-3)6-10(12)5-11-8-19-16(18)20-15(11)17;1-9(2)12-7-14(22-4)13(21-3)6-10(12)5-11-8-17-16(20)18-15(11)19;1-8(2)9-5-10(20-3)11(21-4)6-12(9)22-13-7-18-15(17)19-14(13)16;1-7(2)8-5-10(15-3)11(16-4)6-9(8)12(13)14;1-7(2)8-5-10(13-3)11(14-4)6-9(8)12;1-13-7-3-5(9)6(10(11)12)4-8(7)14-2;7-10(8,9)6-4-2-1-3-5-6;5-2-1-6-4(9)7-3(2)8;1-4(2)3;/h6-9H,5H2,1-4H3,(H2,18,19,20);6-9H,5H2,1-4H3,(H2,17,18,19,20);5-8H,1-4H3,(H4,16,17,18,19);5-7H,1-4H3;5-7H,12H2,1-4H3;3-4H,1-2H3;1-5H;1H,(H2,6,7,8,9);1H2,2-3H3;1H3. The van der Waals surface area contributed by atoms with Crippen LogP contribution < -0.4 is 114 Å². The summed E-state index contributed by atoms with van der Waals surface area (Å²) in [5.41, 5.74) is 31.5. The molecule has 4 aromatic heterocycles. The zero-order valence-corrected chi connectivity index (χ0v) is 86.3. The minimum atomic E-state index is -3.07. The number of anilines is 4. The van der Waals surface area contributed by atoms with Crippen LogP contribution in [0.2, 0.25) is 5.15 Å². The minimum Gasteiger partial charge on any atom is -0.493 e. The number of allylic oxidation sites excluding steroid dienone is 1. The van der Waals surface area contributed by atoms with E-state index in [1.807, 2.05) is 81.2 Å². The van der Waals surface area contributed by atoms with E-state index in [4.69, 9.17) is 114 Å². The van der Waals surface area contributed by atoms with Crippen LogP contribution in [0.4, 0.5) is 34.8 Å². The number of hydrogen-bond donors (Lipinski definition) is 9. The summed E-state index contributed by atoms with van der Waals surface area (Å²) in [5.74, 6) is 6.11. The maximum Gasteiger partial charge on any atom is 0.325 e. The molecule has 0 unspecified atom stereocenters. The van der Waals surface area contributed by atoms with Gasteiger partial charge in [-0.15, -0.1) is 6.58 Å². The van der Waals surface area contributed by atoms with E-state index in [0.29, 0.717) is 124 Å². The number of benzene rings is 7. The van der Waals surface area contributed by atoms with Gasteiger partial charge in [0.1, 0.15) is 11.0 Å². The average molecular weight is 2090 g/mol. The fourth-order valence-electron chi connectivity index (χ4n) is 11.7. The molecule has 0 saturated heterocycles. The second-order valence-corrected chi connectivity index (χ2v) is 37.6. The number of nitrogens with one attached hydrogen (secondary N) is 4. The van der Waals surface area contributed by atoms with E-state index in [0.717, 1.165) is 60.4 Å². The second-order valence-electron chi connectivity index (χ2n) is 29.6.